The molecule has 31 nitrogen and oxygen atoms in total. The molecule has 0 fully saturated rings. The number of rotatable bonds is 19. The van der Waals surface area contributed by atoms with Crippen molar-refractivity contribution in [2.45, 2.75) is 65.5 Å². The minimum absolute atomic E-state index is 0.0166. The van der Waals surface area contributed by atoms with E-state index >= 15 is 0 Å². The van der Waals surface area contributed by atoms with Gasteiger partial charge in [0.05, 0.1) is 56.3 Å². The molecule has 9 rings (SSSR count). The van der Waals surface area contributed by atoms with Gasteiger partial charge in [-0.2, -0.15) is 80.9 Å². The van der Waals surface area contributed by atoms with E-state index in [1.165, 1.54) is 42.5 Å². The fourth-order valence-corrected chi connectivity index (χ4v) is 12.5. The number of aromatic hydroxyl groups is 1. The largest absolute Gasteiger partial charge is 0.505 e. The average molecular weight is 1340 g/mol. The molecule has 464 valence electrons. The molecule has 89 heavy (non-hydrogen) atoms. The van der Waals surface area contributed by atoms with Crippen LogP contribution < -0.4 is 4.74 Å². The van der Waals surface area contributed by atoms with Crippen molar-refractivity contribution in [1.82, 2.24) is 15.0 Å². The van der Waals surface area contributed by atoms with Gasteiger partial charge in [0, 0.05) is 22.2 Å². The van der Waals surface area contributed by atoms with E-state index in [1.54, 1.807) is 58.9 Å². The molecule has 0 atom stereocenters. The predicted octanol–water partition coefficient (Wildman–Crippen LogP) is 11.5. The molecule has 0 unspecified atom stereocenters. The van der Waals surface area contributed by atoms with Crippen LogP contribution in [0, 0.1) is 34.6 Å². The summed E-state index contributed by atoms with van der Waals surface area (Å²) in [6, 6.07) is 20.8. The number of benzene rings is 8. The Morgan fingerprint density at radius 2 is 0.899 bits per heavy atom. The van der Waals surface area contributed by atoms with Gasteiger partial charge in [0.25, 0.3) is 60.7 Å². The van der Waals surface area contributed by atoms with Crippen molar-refractivity contribution in [3.63, 3.8) is 0 Å². The van der Waals surface area contributed by atoms with Crippen LogP contribution in [0.15, 0.2) is 169 Å². The van der Waals surface area contributed by atoms with E-state index in [9.17, 15) is 82.9 Å². The van der Waals surface area contributed by atoms with Crippen LogP contribution in [-0.2, 0) is 60.7 Å². The zero-order valence-electron chi connectivity index (χ0n) is 46.2. The lowest BCUT2D eigenvalue weighted by Gasteiger charge is -2.11. The van der Waals surface area contributed by atoms with Gasteiger partial charge in [-0.25, -0.2) is 0 Å². The van der Waals surface area contributed by atoms with E-state index in [1.807, 2.05) is 0 Å². The van der Waals surface area contributed by atoms with Crippen LogP contribution in [0.4, 0.5) is 45.5 Å². The standard InChI is InChI=1S/C52H45N11O20S6/c1-26-16-42(56-59-45-19-30(5)44(25-46(45)83-13-6-14-84(65,66)67)57-53-38-11-8-33(85(68,69)70)23-48(38)88(77,78)79)27(2)15-40(26)54-55-41-17-29(4)43(18-28(41)3)58-60-51-49(89(80,81)82)21-31-20-32(7-9-35(31)52(51)64)63-61-39-12-10-36-37(50(39)62-63)22-34(86(71,72)73)24-47(36)87(74,75)76/h7-12,15-25,64H,6,13-14H2,1-5H3,(H,65,66,67)(H,68,69,70)(H,71,72,73)(H,74,75,76)(H,77,78,79)(H,80,81,82). The number of aromatic nitrogens is 3. The number of azo groups is 4. The van der Waals surface area contributed by atoms with Crippen LogP contribution in [0.25, 0.3) is 38.3 Å². The fraction of sp³-hybridized carbons (Fsp3) is 0.154. The van der Waals surface area contributed by atoms with E-state index in [0.717, 1.165) is 29.1 Å². The highest BCUT2D eigenvalue weighted by molar-refractivity contribution is 7.87. The molecule has 0 bridgehead atoms. The first-order valence-corrected chi connectivity index (χ1v) is 33.9. The SMILES string of the molecule is Cc1cc(N=Nc2cc(C)c(N=Nc3ccc(S(=O)(=O)O)cc3S(=O)(=O)O)cc2OCCCS(=O)(=O)O)c(C)cc1N=Nc1cc(C)c(N=Nc2c(S(=O)(=O)O)cc3cc(-n4nc5ccc6c(S(=O)(=O)O)cc(S(=O)(=O)O)cc6c5n4)ccc3c2O)cc1C. The number of hydrogen-bond acceptors (Lipinski definition) is 24. The molecule has 1 heterocycles. The molecule has 8 aromatic carbocycles. The first-order valence-electron chi connectivity index (χ1n) is 25.1. The monoisotopic (exact) mass is 1340 g/mol. The molecule has 0 aliphatic carbocycles. The number of hydrogen-bond donors (Lipinski definition) is 7. The average Bonchev–Trinajstić information content (AvgIpc) is 2.02. The molecule has 0 radical (unpaired) electrons. The number of fused-ring (bicyclic) bond motifs is 4. The van der Waals surface area contributed by atoms with Gasteiger partial charge in [0.2, 0.25) is 0 Å². The summed E-state index contributed by atoms with van der Waals surface area (Å²) in [5.41, 5.74) is 3.10. The molecule has 0 saturated carbocycles. The third-order valence-electron chi connectivity index (χ3n) is 13.2. The van der Waals surface area contributed by atoms with Gasteiger partial charge in [0.1, 0.15) is 48.5 Å². The van der Waals surface area contributed by atoms with Crippen molar-refractivity contribution >= 4 is 139 Å². The lowest BCUT2D eigenvalue weighted by Crippen LogP contribution is -2.08. The maximum atomic E-state index is 12.9. The van der Waals surface area contributed by atoms with E-state index in [-0.39, 0.29) is 74.1 Å². The molecule has 0 aliphatic rings. The second-order valence-corrected chi connectivity index (χ2v) is 28.3. The van der Waals surface area contributed by atoms with Gasteiger partial charge in [-0.3, -0.25) is 27.3 Å². The first-order chi connectivity index (χ1) is 41.3. The molecule has 0 spiro atoms. The Hall–Kier alpha value is -8.86. The molecule has 1 aromatic heterocycles. The Morgan fingerprint density at radius 3 is 1.42 bits per heavy atom. The molecule has 0 amide bonds. The number of phenols is 1. The summed E-state index contributed by atoms with van der Waals surface area (Å²) >= 11 is 0. The molecule has 37 heteroatoms. The molecule has 0 aliphatic heterocycles. The van der Waals surface area contributed by atoms with Crippen molar-refractivity contribution < 1.29 is 87.7 Å². The lowest BCUT2D eigenvalue weighted by atomic mass is 10.1. The van der Waals surface area contributed by atoms with E-state index in [0.29, 0.717) is 57.0 Å². The van der Waals surface area contributed by atoms with Crippen LogP contribution in [0.3, 0.4) is 0 Å². The van der Waals surface area contributed by atoms with Gasteiger partial charge >= 0.3 is 0 Å². The summed E-state index contributed by atoms with van der Waals surface area (Å²) < 4.78 is 209. The van der Waals surface area contributed by atoms with E-state index in [2.05, 4.69) is 51.1 Å². The zero-order valence-corrected chi connectivity index (χ0v) is 51.1. The highest BCUT2D eigenvalue weighted by Crippen LogP contribution is 2.44. The topological polar surface area (TPSA) is 485 Å². The van der Waals surface area contributed by atoms with Gasteiger partial charge in [0.15, 0.2) is 5.75 Å². The van der Waals surface area contributed by atoms with Crippen LogP contribution in [0.1, 0.15) is 34.2 Å². The predicted molar refractivity (Wildman–Crippen MR) is 317 cm³/mol. The third-order valence-corrected chi connectivity index (χ3v) is 18.3. The van der Waals surface area contributed by atoms with Crippen molar-refractivity contribution in [3.05, 3.63) is 131 Å². The van der Waals surface area contributed by atoms with Crippen molar-refractivity contribution in [3.8, 4) is 17.2 Å². The Kier molecular flexibility index (Phi) is 17.4. The maximum absolute atomic E-state index is 12.9. The Morgan fingerprint density at radius 1 is 0.427 bits per heavy atom. The lowest BCUT2D eigenvalue weighted by molar-refractivity contribution is 0.317. The summed E-state index contributed by atoms with van der Waals surface area (Å²) in [4.78, 5) is -3.33. The van der Waals surface area contributed by atoms with Crippen LogP contribution in [-0.4, -0.2) is 110 Å². The van der Waals surface area contributed by atoms with Gasteiger partial charge in [-0.1, -0.05) is 6.07 Å². The van der Waals surface area contributed by atoms with Gasteiger partial charge in [-0.15, -0.1) is 25.5 Å². The molecule has 7 N–H and O–H groups in total. The van der Waals surface area contributed by atoms with Gasteiger partial charge < -0.3 is 9.84 Å². The van der Waals surface area contributed by atoms with Gasteiger partial charge in [-0.05, 0) is 165 Å². The Bertz CT molecular complexity index is 5350. The Balaban J connectivity index is 0.963. The first kappa shape index (κ1) is 64.6. The molecule has 0 saturated heterocycles. The minimum Gasteiger partial charge on any atom is -0.505 e. The smallest absolute Gasteiger partial charge is 0.296 e. The number of aryl methyl sites for hydroxylation is 5. The summed E-state index contributed by atoms with van der Waals surface area (Å²) in [7, 11) is -29.4. The van der Waals surface area contributed by atoms with Crippen molar-refractivity contribution in [1.29, 1.82) is 0 Å². The summed E-state index contributed by atoms with van der Waals surface area (Å²) in [6.45, 7) is 8.10. The number of nitrogens with zero attached hydrogens (tertiary/aromatic N) is 11. The zero-order chi connectivity index (χ0) is 65.1. The highest BCUT2D eigenvalue weighted by atomic mass is 32.2. The van der Waals surface area contributed by atoms with E-state index in [4.69, 9.17) is 4.74 Å². The number of ether oxygens (including phenoxy) is 1. The van der Waals surface area contributed by atoms with Crippen LogP contribution in [0.5, 0.6) is 11.5 Å². The molecule has 9 aromatic rings. The molecular weight excluding hydrogens is 1290 g/mol. The second-order valence-electron chi connectivity index (χ2n) is 19.7. The Labute approximate surface area is 505 Å². The second kappa shape index (κ2) is 23.9. The minimum atomic E-state index is -5.12. The van der Waals surface area contributed by atoms with E-state index < -0.39 is 108 Å². The molecular formula is C52H45N11O20S6. The quantitative estimate of drug-likeness (QED) is 0.0225. The third kappa shape index (κ3) is 14.5. The van der Waals surface area contributed by atoms with Crippen molar-refractivity contribution in [2.75, 3.05) is 12.4 Å². The van der Waals surface area contributed by atoms with Crippen molar-refractivity contribution in [2.24, 2.45) is 40.9 Å². The maximum Gasteiger partial charge on any atom is 0.296 e. The normalized spacial score (nSPS) is 13.2. The number of phenolic OH excluding ortho intramolecular Hbond substituents is 1. The summed E-state index contributed by atoms with van der Waals surface area (Å²) in [6.07, 6.45) is -0.161. The van der Waals surface area contributed by atoms with Crippen LogP contribution >= 0.6 is 0 Å². The summed E-state index contributed by atoms with van der Waals surface area (Å²) in [5, 5.41) is 53.9. The highest BCUT2D eigenvalue weighted by Gasteiger charge is 2.26. The summed E-state index contributed by atoms with van der Waals surface area (Å²) in [5.74, 6) is -1.36. The fourth-order valence-electron chi connectivity index (χ4n) is 8.75. The van der Waals surface area contributed by atoms with Crippen LogP contribution in [0.2, 0.25) is 0 Å².